The van der Waals surface area contributed by atoms with Gasteiger partial charge in [0.15, 0.2) is 0 Å². The molecule has 3 N–H and O–H groups in total. The summed E-state index contributed by atoms with van der Waals surface area (Å²) in [6, 6.07) is 8.23. The van der Waals surface area contributed by atoms with Gasteiger partial charge in [0.25, 0.3) is 0 Å². The van der Waals surface area contributed by atoms with Gasteiger partial charge in [-0.2, -0.15) is 18.2 Å². The van der Waals surface area contributed by atoms with Crippen molar-refractivity contribution < 1.29 is 27.0 Å². The van der Waals surface area contributed by atoms with Crippen LogP contribution < -0.4 is 11.1 Å². The van der Waals surface area contributed by atoms with E-state index in [0.29, 0.717) is 18.5 Å². The van der Waals surface area contributed by atoms with Crippen molar-refractivity contribution in [2.45, 2.75) is 18.8 Å². The summed E-state index contributed by atoms with van der Waals surface area (Å²) in [6.07, 6.45) is 0.906. The molecule has 0 spiro atoms. The van der Waals surface area contributed by atoms with Gasteiger partial charge in [0, 0.05) is 29.7 Å². The number of nitrogens with one attached hydrogen (secondary N) is 1. The number of hydrogen-bond donors (Lipinski definition) is 2. The number of carbonyl (C=O) groups is 2. The Hall–Kier alpha value is -1.31. The van der Waals surface area contributed by atoms with Crippen molar-refractivity contribution in [3.05, 3.63) is 29.8 Å². The Bertz CT molecular complexity index is 420. The minimum Gasteiger partial charge on any atom is -0.420 e. The van der Waals surface area contributed by atoms with Gasteiger partial charge in [0.05, 0.1) is 0 Å². The fourth-order valence-electron chi connectivity index (χ4n) is 1.70. The summed E-state index contributed by atoms with van der Waals surface area (Å²) >= 11 is 0. The average Bonchev–Trinajstić information content (AvgIpc) is 2.17. The van der Waals surface area contributed by atoms with Crippen LogP contribution in [-0.2, 0) is 27.0 Å². The first-order chi connectivity index (χ1) is 7.16. The maximum absolute atomic E-state index is 11.5. The van der Waals surface area contributed by atoms with E-state index in [1.165, 1.54) is 0 Å². The molecule has 1 aromatic carbocycles. The Kier molecular flexibility index (Phi) is 4.11. The molecule has 1 unspecified atom stereocenters. The molecule has 1 saturated heterocycles. The zero-order valence-electron chi connectivity index (χ0n) is 8.53. The van der Waals surface area contributed by atoms with E-state index in [4.69, 9.17) is 5.73 Å². The summed E-state index contributed by atoms with van der Waals surface area (Å²) in [5.41, 5.74) is 6.85. The summed E-state index contributed by atoms with van der Waals surface area (Å²) < 4.78 is 0. The second-order valence-corrected chi connectivity index (χ2v) is 3.57. The number of rotatable bonds is 1. The number of imide groups is 1. The monoisotopic (exact) mass is 255 g/mol. The molecule has 0 aromatic heterocycles. The summed E-state index contributed by atoms with van der Waals surface area (Å²) in [5.74, 6) is -0.764. The van der Waals surface area contributed by atoms with E-state index in [1.807, 2.05) is 0 Å². The maximum atomic E-state index is 11.5. The third kappa shape index (κ3) is 2.63. The molecule has 0 aliphatic carbocycles. The Balaban J connectivity index is 0.00000128. The zero-order chi connectivity index (χ0) is 10.8. The van der Waals surface area contributed by atoms with Crippen LogP contribution in [0, 0.1) is 6.07 Å². The van der Waals surface area contributed by atoms with Crippen molar-refractivity contribution in [3.8, 4) is 0 Å². The fraction of sp³-hybridized carbons (Fsp3) is 0.273. The van der Waals surface area contributed by atoms with Gasteiger partial charge in [0.1, 0.15) is 0 Å². The summed E-state index contributed by atoms with van der Waals surface area (Å²) in [4.78, 5) is 22.5. The molecule has 2 amide bonds. The smallest absolute Gasteiger partial charge is 0.231 e. The van der Waals surface area contributed by atoms with Crippen LogP contribution in [0.15, 0.2) is 18.2 Å². The van der Waals surface area contributed by atoms with E-state index in [-0.39, 0.29) is 35.1 Å². The Labute approximate surface area is 104 Å². The van der Waals surface area contributed by atoms with Crippen LogP contribution >= 0.6 is 0 Å². The number of piperidine rings is 1. The van der Waals surface area contributed by atoms with Crippen molar-refractivity contribution in [2.24, 2.45) is 0 Å². The molecule has 4 nitrogen and oxygen atoms in total. The van der Waals surface area contributed by atoms with Crippen LogP contribution in [0.1, 0.15) is 24.3 Å². The molecule has 5 heteroatoms. The first kappa shape index (κ1) is 12.8. The first-order valence-electron chi connectivity index (χ1n) is 4.78. The number of nitrogen functional groups attached to an aromatic ring is 1. The fourth-order valence-corrected chi connectivity index (χ4v) is 1.70. The second-order valence-electron chi connectivity index (χ2n) is 3.57. The van der Waals surface area contributed by atoms with E-state index in [2.05, 4.69) is 11.4 Å². The third-order valence-electron chi connectivity index (χ3n) is 2.45. The quantitative estimate of drug-likeness (QED) is 0.438. The molecule has 84 valence electrons. The number of hydrogen-bond acceptors (Lipinski definition) is 3. The molecule has 0 radical (unpaired) electrons. The normalized spacial score (nSPS) is 19.9. The topological polar surface area (TPSA) is 72.2 Å². The molecular formula is C11H11CrN2O2-. The number of benzene rings is 1. The molecule has 2 rings (SSSR count). The van der Waals surface area contributed by atoms with Crippen molar-refractivity contribution in [3.63, 3.8) is 0 Å². The van der Waals surface area contributed by atoms with Crippen LogP contribution in [0.2, 0.25) is 0 Å². The number of amides is 2. The maximum Gasteiger partial charge on any atom is 0.231 e. The molecule has 1 atom stereocenters. The minimum absolute atomic E-state index is 0. The van der Waals surface area contributed by atoms with E-state index in [0.717, 1.165) is 5.56 Å². The van der Waals surface area contributed by atoms with Gasteiger partial charge in [-0.3, -0.25) is 14.9 Å². The molecular weight excluding hydrogens is 244 g/mol. The van der Waals surface area contributed by atoms with Crippen LogP contribution in [0.25, 0.3) is 0 Å². The average molecular weight is 255 g/mol. The van der Waals surface area contributed by atoms with E-state index in [9.17, 15) is 9.59 Å². The van der Waals surface area contributed by atoms with Gasteiger partial charge >= 0.3 is 0 Å². The Morgan fingerprint density at radius 3 is 2.75 bits per heavy atom. The Morgan fingerprint density at radius 1 is 1.38 bits per heavy atom. The van der Waals surface area contributed by atoms with Gasteiger partial charge in [0.2, 0.25) is 11.8 Å². The SMILES string of the molecule is Nc1[c-]c(C2CCC(=O)NC2=O)ccc1.[Cr]. The van der Waals surface area contributed by atoms with Crippen molar-refractivity contribution in [2.75, 3.05) is 5.73 Å². The number of anilines is 1. The number of nitrogens with two attached hydrogens (primary N) is 1. The first-order valence-corrected chi connectivity index (χ1v) is 4.78. The molecule has 0 bridgehead atoms. The number of carbonyl (C=O) groups excluding carboxylic acids is 2. The summed E-state index contributed by atoms with van der Waals surface area (Å²) in [5, 5.41) is 2.31. The molecule has 0 saturated carbocycles. The third-order valence-corrected chi connectivity index (χ3v) is 2.45. The van der Waals surface area contributed by atoms with Gasteiger partial charge in [-0.25, -0.2) is 0 Å². The van der Waals surface area contributed by atoms with Crippen LogP contribution in [-0.4, -0.2) is 11.8 Å². The van der Waals surface area contributed by atoms with Crippen LogP contribution in [0.3, 0.4) is 0 Å². The second kappa shape index (κ2) is 5.15. The van der Waals surface area contributed by atoms with Crippen LogP contribution in [0.4, 0.5) is 5.69 Å². The molecule has 16 heavy (non-hydrogen) atoms. The van der Waals surface area contributed by atoms with Gasteiger partial charge < -0.3 is 5.73 Å². The van der Waals surface area contributed by atoms with E-state index in [1.54, 1.807) is 18.2 Å². The van der Waals surface area contributed by atoms with Crippen LogP contribution in [0.5, 0.6) is 0 Å². The summed E-state index contributed by atoms with van der Waals surface area (Å²) in [6.45, 7) is 0. The van der Waals surface area contributed by atoms with Gasteiger partial charge in [-0.15, -0.1) is 11.6 Å². The van der Waals surface area contributed by atoms with Crippen molar-refractivity contribution >= 4 is 17.5 Å². The largest absolute Gasteiger partial charge is 0.420 e. The van der Waals surface area contributed by atoms with Crippen molar-refractivity contribution in [1.82, 2.24) is 5.32 Å². The zero-order valence-corrected chi connectivity index (χ0v) is 9.80. The minimum atomic E-state index is -0.300. The van der Waals surface area contributed by atoms with Gasteiger partial charge in [-0.1, -0.05) is 5.69 Å². The molecule has 1 aliphatic rings. The Morgan fingerprint density at radius 2 is 2.12 bits per heavy atom. The molecule has 1 fully saturated rings. The predicted molar refractivity (Wildman–Crippen MR) is 54.8 cm³/mol. The molecule has 1 heterocycles. The van der Waals surface area contributed by atoms with E-state index >= 15 is 0 Å². The predicted octanol–water partition coefficient (Wildman–Crippen LogP) is 0.587. The van der Waals surface area contributed by atoms with Crippen molar-refractivity contribution in [1.29, 1.82) is 0 Å². The molecule has 1 aromatic rings. The van der Waals surface area contributed by atoms with Gasteiger partial charge in [-0.05, 0) is 6.42 Å². The van der Waals surface area contributed by atoms with E-state index < -0.39 is 0 Å². The molecule has 1 aliphatic heterocycles. The standard InChI is InChI=1S/C11H11N2O2.Cr/c12-8-3-1-2-7(6-8)9-4-5-10(14)13-11(9)15;/h1-3,9H,4-5,12H2,(H,13,14,15);/q-1;. The summed E-state index contributed by atoms with van der Waals surface area (Å²) in [7, 11) is 0.